The van der Waals surface area contributed by atoms with Crippen molar-refractivity contribution in [2.75, 3.05) is 5.73 Å². The summed E-state index contributed by atoms with van der Waals surface area (Å²) in [6.45, 7) is 1.27. The SMILES string of the molecule is CC(NS(=O)(=O)c1ccc([N+](=O)[O-])cc1N)C(N)=O. The lowest BCUT2D eigenvalue weighted by Crippen LogP contribution is -2.42. The molecule has 19 heavy (non-hydrogen) atoms. The number of carbonyl (C=O) groups excluding carboxylic acids is 1. The molecule has 0 aliphatic heterocycles. The summed E-state index contributed by atoms with van der Waals surface area (Å²) in [6, 6.07) is 1.78. The molecule has 0 bridgehead atoms. The van der Waals surface area contributed by atoms with E-state index in [1.807, 2.05) is 4.72 Å². The van der Waals surface area contributed by atoms with Crippen LogP contribution < -0.4 is 16.2 Å². The van der Waals surface area contributed by atoms with E-state index in [9.17, 15) is 23.3 Å². The first-order valence-electron chi connectivity index (χ1n) is 5.00. The molecule has 0 aromatic heterocycles. The summed E-state index contributed by atoms with van der Waals surface area (Å²) in [5.74, 6) is -0.857. The van der Waals surface area contributed by atoms with Gasteiger partial charge >= 0.3 is 0 Å². The summed E-state index contributed by atoms with van der Waals surface area (Å²) < 4.78 is 25.8. The lowest BCUT2D eigenvalue weighted by Gasteiger charge is -2.12. The van der Waals surface area contributed by atoms with Crippen LogP contribution in [0, 0.1) is 10.1 Å². The number of carbonyl (C=O) groups is 1. The Hall–Kier alpha value is -2.20. The van der Waals surface area contributed by atoms with Gasteiger partial charge in [-0.25, -0.2) is 8.42 Å². The molecule has 9 nitrogen and oxygen atoms in total. The molecule has 1 atom stereocenters. The first kappa shape index (κ1) is 14.9. The van der Waals surface area contributed by atoms with Crippen LogP contribution in [-0.4, -0.2) is 25.3 Å². The number of hydrogen-bond acceptors (Lipinski definition) is 6. The number of non-ortho nitro benzene ring substituents is 1. The van der Waals surface area contributed by atoms with Crippen molar-refractivity contribution in [3.63, 3.8) is 0 Å². The van der Waals surface area contributed by atoms with Crippen LogP contribution in [0.2, 0.25) is 0 Å². The molecular weight excluding hydrogens is 276 g/mol. The van der Waals surface area contributed by atoms with Crippen molar-refractivity contribution >= 4 is 27.3 Å². The van der Waals surface area contributed by atoms with Gasteiger partial charge in [-0.05, 0) is 13.0 Å². The van der Waals surface area contributed by atoms with Crippen LogP contribution in [0.3, 0.4) is 0 Å². The summed E-state index contributed by atoms with van der Waals surface area (Å²) in [5, 5.41) is 10.5. The molecule has 5 N–H and O–H groups in total. The number of hydrogen-bond donors (Lipinski definition) is 3. The Balaban J connectivity index is 3.16. The van der Waals surface area contributed by atoms with Crippen LogP contribution in [0.5, 0.6) is 0 Å². The van der Waals surface area contributed by atoms with Crippen LogP contribution in [0.4, 0.5) is 11.4 Å². The van der Waals surface area contributed by atoms with Gasteiger partial charge in [-0.1, -0.05) is 0 Å². The van der Waals surface area contributed by atoms with E-state index in [1.165, 1.54) is 6.92 Å². The number of anilines is 1. The summed E-state index contributed by atoms with van der Waals surface area (Å²) >= 11 is 0. The molecule has 0 heterocycles. The lowest BCUT2D eigenvalue weighted by molar-refractivity contribution is -0.384. The third-order valence-corrected chi connectivity index (χ3v) is 3.87. The normalized spacial score (nSPS) is 12.9. The Kier molecular flexibility index (Phi) is 4.07. The monoisotopic (exact) mass is 288 g/mol. The maximum Gasteiger partial charge on any atom is 0.271 e. The molecule has 0 radical (unpaired) electrons. The lowest BCUT2D eigenvalue weighted by atomic mass is 10.3. The van der Waals surface area contributed by atoms with Crippen LogP contribution in [0.25, 0.3) is 0 Å². The minimum absolute atomic E-state index is 0.293. The Labute approximate surface area is 108 Å². The molecular formula is C9H12N4O5S. The molecule has 1 rings (SSSR count). The van der Waals surface area contributed by atoms with Gasteiger partial charge in [0.15, 0.2) is 0 Å². The van der Waals surface area contributed by atoms with E-state index in [2.05, 4.69) is 0 Å². The number of nitrogens with two attached hydrogens (primary N) is 2. The highest BCUT2D eigenvalue weighted by molar-refractivity contribution is 7.89. The standard InChI is InChI=1S/C9H12N4O5S/c1-5(9(11)14)12-19(17,18)8-3-2-6(13(15)16)4-7(8)10/h2-5,12H,10H2,1H3,(H2,11,14). The molecule has 0 fully saturated rings. The number of nitrogens with one attached hydrogen (secondary N) is 1. The van der Waals surface area contributed by atoms with Crippen LogP contribution >= 0.6 is 0 Å². The Morgan fingerprint density at radius 3 is 2.47 bits per heavy atom. The maximum absolute atomic E-state index is 11.9. The number of nitrogen functional groups attached to an aromatic ring is 1. The highest BCUT2D eigenvalue weighted by Crippen LogP contribution is 2.23. The Morgan fingerprint density at radius 2 is 2.05 bits per heavy atom. The minimum atomic E-state index is -4.08. The second-order valence-corrected chi connectivity index (χ2v) is 5.41. The minimum Gasteiger partial charge on any atom is -0.397 e. The Bertz CT molecular complexity index is 627. The molecule has 1 aromatic rings. The van der Waals surface area contributed by atoms with Gasteiger partial charge in [0.25, 0.3) is 5.69 Å². The fraction of sp³-hybridized carbons (Fsp3) is 0.222. The van der Waals surface area contributed by atoms with Gasteiger partial charge in [-0.3, -0.25) is 14.9 Å². The molecule has 0 aliphatic carbocycles. The quantitative estimate of drug-likeness (QED) is 0.370. The topological polar surface area (TPSA) is 158 Å². The van der Waals surface area contributed by atoms with E-state index >= 15 is 0 Å². The fourth-order valence-corrected chi connectivity index (χ4v) is 2.57. The number of nitro groups is 1. The van der Waals surface area contributed by atoms with Gasteiger partial charge in [-0.2, -0.15) is 4.72 Å². The third kappa shape index (κ3) is 3.39. The van der Waals surface area contributed by atoms with Gasteiger partial charge in [0.2, 0.25) is 15.9 Å². The smallest absolute Gasteiger partial charge is 0.271 e. The number of rotatable bonds is 5. The van der Waals surface area contributed by atoms with Crippen molar-refractivity contribution in [1.29, 1.82) is 0 Å². The predicted molar refractivity (Wildman–Crippen MR) is 66.5 cm³/mol. The van der Waals surface area contributed by atoms with E-state index in [0.29, 0.717) is 0 Å². The number of nitro benzene ring substituents is 1. The average Bonchev–Trinajstić information content (AvgIpc) is 2.27. The molecule has 1 aromatic carbocycles. The molecule has 104 valence electrons. The van der Waals surface area contributed by atoms with Crippen molar-refractivity contribution in [2.24, 2.45) is 5.73 Å². The predicted octanol–water partition coefficient (Wildman–Crippen LogP) is -0.671. The number of benzene rings is 1. The second-order valence-electron chi connectivity index (χ2n) is 3.72. The zero-order chi connectivity index (χ0) is 14.8. The third-order valence-electron chi connectivity index (χ3n) is 2.25. The van der Waals surface area contributed by atoms with Crippen molar-refractivity contribution < 1.29 is 18.1 Å². The summed E-state index contributed by atoms with van der Waals surface area (Å²) in [5.41, 5.74) is 9.77. The highest BCUT2D eigenvalue weighted by Gasteiger charge is 2.23. The first-order valence-corrected chi connectivity index (χ1v) is 6.49. The van der Waals surface area contributed by atoms with Crippen LogP contribution in [0.1, 0.15) is 6.92 Å². The molecule has 0 spiro atoms. The molecule has 0 saturated carbocycles. The maximum atomic E-state index is 11.9. The van der Waals surface area contributed by atoms with E-state index in [1.54, 1.807) is 0 Å². The van der Waals surface area contributed by atoms with Crippen molar-refractivity contribution in [2.45, 2.75) is 17.9 Å². The van der Waals surface area contributed by atoms with Gasteiger partial charge in [0, 0.05) is 12.1 Å². The van der Waals surface area contributed by atoms with E-state index in [4.69, 9.17) is 11.5 Å². The zero-order valence-electron chi connectivity index (χ0n) is 9.86. The highest BCUT2D eigenvalue weighted by atomic mass is 32.2. The van der Waals surface area contributed by atoms with Crippen molar-refractivity contribution in [1.82, 2.24) is 4.72 Å². The summed E-state index contributed by atoms with van der Waals surface area (Å²) in [7, 11) is -4.08. The van der Waals surface area contributed by atoms with E-state index in [0.717, 1.165) is 18.2 Å². The molecule has 10 heteroatoms. The largest absolute Gasteiger partial charge is 0.397 e. The average molecular weight is 288 g/mol. The number of nitrogens with zero attached hydrogens (tertiary/aromatic N) is 1. The summed E-state index contributed by atoms with van der Waals surface area (Å²) in [6.07, 6.45) is 0. The van der Waals surface area contributed by atoms with E-state index in [-0.39, 0.29) is 16.3 Å². The molecule has 0 aliphatic rings. The second kappa shape index (κ2) is 5.20. The fourth-order valence-electron chi connectivity index (χ4n) is 1.25. The Morgan fingerprint density at radius 1 is 1.47 bits per heavy atom. The van der Waals surface area contributed by atoms with Gasteiger partial charge < -0.3 is 11.5 Å². The first-order chi connectivity index (χ1) is 8.65. The molecule has 1 amide bonds. The van der Waals surface area contributed by atoms with Crippen LogP contribution in [-0.2, 0) is 14.8 Å². The number of sulfonamides is 1. The number of amides is 1. The van der Waals surface area contributed by atoms with Gasteiger partial charge in [-0.15, -0.1) is 0 Å². The number of primary amides is 1. The molecule has 1 unspecified atom stereocenters. The van der Waals surface area contributed by atoms with Crippen molar-refractivity contribution in [3.05, 3.63) is 28.3 Å². The van der Waals surface area contributed by atoms with Crippen molar-refractivity contribution in [3.8, 4) is 0 Å². The zero-order valence-corrected chi connectivity index (χ0v) is 10.7. The molecule has 0 saturated heterocycles. The van der Waals surface area contributed by atoms with E-state index < -0.39 is 26.9 Å². The summed E-state index contributed by atoms with van der Waals surface area (Å²) in [4.78, 5) is 20.3. The van der Waals surface area contributed by atoms with Gasteiger partial charge in [0.05, 0.1) is 16.7 Å². The van der Waals surface area contributed by atoms with Crippen LogP contribution in [0.15, 0.2) is 23.1 Å². The van der Waals surface area contributed by atoms with Gasteiger partial charge in [0.1, 0.15) is 4.90 Å².